The number of hydrogen-bond donors (Lipinski definition) is 1. The predicted molar refractivity (Wildman–Crippen MR) is 111 cm³/mol. The van der Waals surface area contributed by atoms with Gasteiger partial charge < -0.3 is 10.1 Å². The summed E-state index contributed by atoms with van der Waals surface area (Å²) in [6, 6.07) is 14.3. The Kier molecular flexibility index (Phi) is 7.10. The maximum atomic E-state index is 12.6. The van der Waals surface area contributed by atoms with Crippen molar-refractivity contribution in [2.24, 2.45) is 0 Å². The Morgan fingerprint density at radius 2 is 1.90 bits per heavy atom. The normalized spacial score (nSPS) is 15.9. The Morgan fingerprint density at radius 1 is 1.21 bits per heavy atom. The van der Waals surface area contributed by atoms with E-state index in [9.17, 15) is 14.9 Å². The summed E-state index contributed by atoms with van der Waals surface area (Å²) in [7, 11) is 0. The molecule has 3 rings (SSSR count). The van der Waals surface area contributed by atoms with E-state index in [-0.39, 0.29) is 17.6 Å². The summed E-state index contributed by atoms with van der Waals surface area (Å²) in [6.07, 6.45) is 2.83. The largest absolute Gasteiger partial charge is 0.379 e. The van der Waals surface area contributed by atoms with Crippen LogP contribution in [0.4, 0.5) is 5.69 Å². The molecule has 7 nitrogen and oxygen atoms in total. The molecule has 2 aromatic rings. The first-order valence-electron chi connectivity index (χ1n) is 9.61. The topological polar surface area (TPSA) is 84.7 Å². The number of carbonyl (C=O) groups excluding carboxylic acids is 1. The van der Waals surface area contributed by atoms with E-state index < -0.39 is 4.92 Å². The van der Waals surface area contributed by atoms with E-state index in [1.807, 2.05) is 31.2 Å². The van der Waals surface area contributed by atoms with Crippen LogP contribution in [-0.4, -0.2) is 48.6 Å². The highest BCUT2D eigenvalue weighted by Gasteiger charge is 2.19. The van der Waals surface area contributed by atoms with Crippen LogP contribution in [-0.2, 0) is 9.53 Å². The quantitative estimate of drug-likeness (QED) is 0.442. The van der Waals surface area contributed by atoms with Crippen LogP contribution in [0.3, 0.4) is 0 Å². The molecular weight excluding hydrogens is 370 g/mol. The first-order chi connectivity index (χ1) is 14.0. The van der Waals surface area contributed by atoms with Crippen molar-refractivity contribution in [1.29, 1.82) is 0 Å². The molecule has 0 radical (unpaired) electrons. The molecule has 2 aromatic carbocycles. The molecule has 0 saturated carbocycles. The van der Waals surface area contributed by atoms with Crippen molar-refractivity contribution >= 4 is 17.7 Å². The summed E-state index contributed by atoms with van der Waals surface area (Å²) in [5, 5.41) is 14.2. The summed E-state index contributed by atoms with van der Waals surface area (Å²) >= 11 is 0. The number of ether oxygens (including phenoxy) is 1. The number of amides is 1. The number of aryl methyl sites for hydroxylation is 1. The van der Waals surface area contributed by atoms with Crippen LogP contribution in [0.2, 0.25) is 0 Å². The summed E-state index contributed by atoms with van der Waals surface area (Å²) in [4.78, 5) is 25.5. The summed E-state index contributed by atoms with van der Waals surface area (Å²) in [5.41, 5.74) is 2.55. The highest BCUT2D eigenvalue weighted by molar-refractivity contribution is 5.92. The molecule has 1 atom stereocenters. The first-order valence-corrected chi connectivity index (χ1v) is 9.61. The lowest BCUT2D eigenvalue weighted by atomic mass is 10.0. The Morgan fingerprint density at radius 3 is 2.59 bits per heavy atom. The van der Waals surface area contributed by atoms with E-state index in [1.165, 1.54) is 18.2 Å². The minimum atomic E-state index is -0.453. The summed E-state index contributed by atoms with van der Waals surface area (Å²) < 4.78 is 5.41. The third-order valence-corrected chi connectivity index (χ3v) is 4.89. The Balaban J connectivity index is 1.73. The van der Waals surface area contributed by atoms with E-state index in [0.717, 1.165) is 24.2 Å². The smallest absolute Gasteiger partial charge is 0.276 e. The number of nitrogens with one attached hydrogen (secondary N) is 1. The molecule has 0 unspecified atom stereocenters. The van der Waals surface area contributed by atoms with Crippen LogP contribution in [0.5, 0.6) is 0 Å². The van der Waals surface area contributed by atoms with E-state index >= 15 is 0 Å². The SMILES string of the molecule is Cc1ccc([C@H](CN2CCOCC2)NC(=O)/C=C/c2ccccc2[N+](=O)[O-])cc1. The second kappa shape index (κ2) is 9.95. The molecule has 1 aliphatic heterocycles. The van der Waals surface area contributed by atoms with Gasteiger partial charge in [-0.2, -0.15) is 0 Å². The van der Waals surface area contributed by atoms with Crippen LogP contribution in [0, 0.1) is 17.0 Å². The van der Waals surface area contributed by atoms with Gasteiger partial charge in [-0.15, -0.1) is 0 Å². The number of carbonyl (C=O) groups is 1. The van der Waals surface area contributed by atoms with Crippen molar-refractivity contribution in [3.8, 4) is 0 Å². The van der Waals surface area contributed by atoms with E-state index in [0.29, 0.717) is 25.3 Å². The zero-order chi connectivity index (χ0) is 20.6. The highest BCUT2D eigenvalue weighted by Crippen LogP contribution is 2.20. The van der Waals surface area contributed by atoms with Gasteiger partial charge in [-0.1, -0.05) is 42.0 Å². The van der Waals surface area contributed by atoms with Gasteiger partial charge in [0.2, 0.25) is 5.91 Å². The number of benzene rings is 2. The molecule has 1 saturated heterocycles. The average molecular weight is 395 g/mol. The van der Waals surface area contributed by atoms with Crippen LogP contribution in [0.25, 0.3) is 6.08 Å². The summed E-state index contributed by atoms with van der Waals surface area (Å²) in [5.74, 6) is -0.290. The van der Waals surface area contributed by atoms with Crippen molar-refractivity contribution in [1.82, 2.24) is 10.2 Å². The Bertz CT molecular complexity index is 874. The van der Waals surface area contributed by atoms with Crippen molar-refractivity contribution < 1.29 is 14.5 Å². The maximum absolute atomic E-state index is 12.6. The number of nitrogens with zero attached hydrogens (tertiary/aromatic N) is 2. The van der Waals surface area contributed by atoms with Crippen LogP contribution >= 0.6 is 0 Å². The highest BCUT2D eigenvalue weighted by atomic mass is 16.6. The number of para-hydroxylation sites is 1. The molecule has 1 fully saturated rings. The van der Waals surface area contributed by atoms with E-state index in [4.69, 9.17) is 4.74 Å². The molecule has 7 heteroatoms. The standard InChI is InChI=1S/C22H25N3O4/c1-17-6-8-18(9-7-17)20(16-24-12-14-29-15-13-24)23-22(26)11-10-19-4-2-3-5-21(19)25(27)28/h2-11,20H,12-16H2,1H3,(H,23,26)/b11-10+/t20-/m0/s1. The molecule has 29 heavy (non-hydrogen) atoms. The number of rotatable bonds is 7. The number of nitro benzene ring substituents is 1. The second-order valence-electron chi connectivity index (χ2n) is 7.03. The lowest BCUT2D eigenvalue weighted by Crippen LogP contribution is -2.42. The third kappa shape index (κ3) is 5.97. The van der Waals surface area contributed by atoms with E-state index in [2.05, 4.69) is 10.2 Å². The van der Waals surface area contributed by atoms with Crippen molar-refractivity contribution in [2.45, 2.75) is 13.0 Å². The zero-order valence-corrected chi connectivity index (χ0v) is 16.4. The van der Waals surface area contributed by atoms with Gasteiger partial charge in [0.05, 0.1) is 29.7 Å². The van der Waals surface area contributed by atoms with Gasteiger partial charge >= 0.3 is 0 Å². The minimum Gasteiger partial charge on any atom is -0.379 e. The monoisotopic (exact) mass is 395 g/mol. The maximum Gasteiger partial charge on any atom is 0.276 e. The van der Waals surface area contributed by atoms with Crippen molar-refractivity contribution in [2.75, 3.05) is 32.8 Å². The molecule has 0 aliphatic carbocycles. The van der Waals surface area contributed by atoms with Gasteiger partial charge in [0, 0.05) is 31.8 Å². The zero-order valence-electron chi connectivity index (χ0n) is 16.4. The van der Waals surface area contributed by atoms with E-state index in [1.54, 1.807) is 18.2 Å². The fraction of sp³-hybridized carbons (Fsp3) is 0.318. The first kappa shape index (κ1) is 20.7. The molecule has 1 heterocycles. The number of hydrogen-bond acceptors (Lipinski definition) is 5. The average Bonchev–Trinajstić information content (AvgIpc) is 2.73. The fourth-order valence-electron chi connectivity index (χ4n) is 3.26. The van der Waals surface area contributed by atoms with Crippen molar-refractivity contribution in [3.63, 3.8) is 0 Å². The van der Waals surface area contributed by atoms with Crippen LogP contribution in [0.1, 0.15) is 22.7 Å². The van der Waals surface area contributed by atoms with Gasteiger partial charge in [0.15, 0.2) is 0 Å². The Hall–Kier alpha value is -3.03. The van der Waals surface area contributed by atoms with Gasteiger partial charge in [0.25, 0.3) is 5.69 Å². The molecule has 1 N–H and O–H groups in total. The number of nitro groups is 1. The minimum absolute atomic E-state index is 0.0278. The molecular formula is C22H25N3O4. The van der Waals surface area contributed by atoms with Crippen LogP contribution in [0.15, 0.2) is 54.6 Å². The molecule has 152 valence electrons. The van der Waals surface area contributed by atoms with Gasteiger partial charge in [-0.05, 0) is 24.6 Å². The van der Waals surface area contributed by atoms with Gasteiger partial charge in [0.1, 0.15) is 0 Å². The molecule has 0 aromatic heterocycles. The molecule has 1 aliphatic rings. The number of morpholine rings is 1. The van der Waals surface area contributed by atoms with Gasteiger partial charge in [-0.3, -0.25) is 19.8 Å². The lowest BCUT2D eigenvalue weighted by molar-refractivity contribution is -0.385. The Labute approximate surface area is 170 Å². The second-order valence-corrected chi connectivity index (χ2v) is 7.03. The molecule has 0 bridgehead atoms. The predicted octanol–water partition coefficient (Wildman–Crippen LogP) is 3.11. The molecule has 0 spiro atoms. The third-order valence-electron chi connectivity index (χ3n) is 4.89. The summed E-state index contributed by atoms with van der Waals surface area (Å²) in [6.45, 7) is 5.72. The van der Waals surface area contributed by atoms with Crippen molar-refractivity contribution in [3.05, 3.63) is 81.4 Å². The van der Waals surface area contributed by atoms with Crippen LogP contribution < -0.4 is 5.32 Å². The lowest BCUT2D eigenvalue weighted by Gasteiger charge is -2.31. The molecule has 1 amide bonds. The van der Waals surface area contributed by atoms with Gasteiger partial charge in [-0.25, -0.2) is 0 Å². The fourth-order valence-corrected chi connectivity index (χ4v) is 3.26.